The maximum absolute atomic E-state index is 11.8. The van der Waals surface area contributed by atoms with E-state index in [0.29, 0.717) is 34.5 Å². The van der Waals surface area contributed by atoms with E-state index in [1.807, 2.05) is 0 Å². The molecule has 5 nitrogen and oxygen atoms in total. The first-order valence-corrected chi connectivity index (χ1v) is 6.79. The van der Waals surface area contributed by atoms with Crippen molar-refractivity contribution >= 4 is 29.0 Å². The van der Waals surface area contributed by atoms with E-state index in [4.69, 9.17) is 32.5 Å². The van der Waals surface area contributed by atoms with Gasteiger partial charge in [-0.3, -0.25) is 4.79 Å². The average molecular weight is 313 g/mol. The molecule has 20 heavy (non-hydrogen) atoms. The summed E-state index contributed by atoms with van der Waals surface area (Å²) in [5, 5.41) is 4.83. The zero-order valence-corrected chi connectivity index (χ0v) is 11.8. The highest BCUT2D eigenvalue weighted by atomic mass is 35.5. The predicted molar refractivity (Wildman–Crippen MR) is 72.9 cm³/mol. The Morgan fingerprint density at radius 2 is 1.95 bits per heavy atom. The Morgan fingerprint density at radius 1 is 1.20 bits per heavy atom. The number of hydrogen-bond acceptors (Lipinski definition) is 5. The van der Waals surface area contributed by atoms with Crippen LogP contribution < -0.4 is 0 Å². The van der Waals surface area contributed by atoms with Gasteiger partial charge >= 0.3 is 0 Å². The standard InChI is InChI=1S/C13H10Cl2N2O3/c14-8-3-7(4-9(15)5-8)12-16-13(20-17-12)10-6-19-2-1-11(10)18/h3-5,10H,1-2,6H2. The predicted octanol–water partition coefficient (Wildman–Crippen LogP) is 3.12. The minimum Gasteiger partial charge on any atom is -0.380 e. The fourth-order valence-electron chi connectivity index (χ4n) is 2.03. The molecule has 104 valence electrons. The second-order valence-electron chi connectivity index (χ2n) is 4.46. The minimum absolute atomic E-state index is 0.0515. The van der Waals surface area contributed by atoms with Crippen LogP contribution in [0.2, 0.25) is 10.0 Å². The molecule has 0 N–H and O–H groups in total. The van der Waals surface area contributed by atoms with Crippen molar-refractivity contribution in [1.82, 2.24) is 10.1 Å². The molecule has 0 amide bonds. The number of halogens is 2. The summed E-state index contributed by atoms with van der Waals surface area (Å²) in [6, 6.07) is 4.98. The van der Waals surface area contributed by atoms with Crippen molar-refractivity contribution in [1.29, 1.82) is 0 Å². The second kappa shape index (κ2) is 5.52. The van der Waals surface area contributed by atoms with Crippen molar-refractivity contribution in [3.63, 3.8) is 0 Å². The van der Waals surface area contributed by atoms with Crippen molar-refractivity contribution in [2.75, 3.05) is 13.2 Å². The van der Waals surface area contributed by atoms with E-state index in [1.54, 1.807) is 18.2 Å². The molecule has 1 aliphatic heterocycles. The molecule has 0 aliphatic carbocycles. The quantitative estimate of drug-likeness (QED) is 0.852. The summed E-state index contributed by atoms with van der Waals surface area (Å²) in [5.41, 5.74) is 0.640. The highest BCUT2D eigenvalue weighted by Gasteiger charge is 2.29. The summed E-state index contributed by atoms with van der Waals surface area (Å²) in [6.45, 7) is 0.719. The number of hydrogen-bond donors (Lipinski definition) is 0. The Bertz CT molecular complexity index is 637. The number of carbonyl (C=O) groups excluding carboxylic acids is 1. The molecule has 7 heteroatoms. The summed E-state index contributed by atoms with van der Waals surface area (Å²) in [4.78, 5) is 16.0. The van der Waals surface area contributed by atoms with Crippen LogP contribution in [0.1, 0.15) is 18.2 Å². The molecule has 1 fully saturated rings. The third-order valence-corrected chi connectivity index (χ3v) is 3.46. The van der Waals surface area contributed by atoms with Crippen LogP contribution in [-0.2, 0) is 9.53 Å². The molecule has 0 spiro atoms. The SMILES string of the molecule is O=C1CCOCC1c1nc(-c2cc(Cl)cc(Cl)c2)no1. The Kier molecular flexibility index (Phi) is 3.74. The lowest BCUT2D eigenvalue weighted by atomic mass is 10.0. The summed E-state index contributed by atoms with van der Waals surface area (Å²) in [6.07, 6.45) is 0.366. The number of carbonyl (C=O) groups is 1. The van der Waals surface area contributed by atoms with Gasteiger partial charge in [0.2, 0.25) is 11.7 Å². The van der Waals surface area contributed by atoms with Gasteiger partial charge in [-0.05, 0) is 18.2 Å². The van der Waals surface area contributed by atoms with Gasteiger partial charge < -0.3 is 9.26 Å². The fraction of sp³-hybridized carbons (Fsp3) is 0.308. The van der Waals surface area contributed by atoms with Crippen molar-refractivity contribution in [2.24, 2.45) is 0 Å². The van der Waals surface area contributed by atoms with Crippen LogP contribution in [0.4, 0.5) is 0 Å². The smallest absolute Gasteiger partial charge is 0.239 e. The Balaban J connectivity index is 1.91. The number of Topliss-reactive ketones (excluding diaryl/α,β-unsaturated/α-hetero) is 1. The minimum atomic E-state index is -0.486. The van der Waals surface area contributed by atoms with Gasteiger partial charge in [-0.15, -0.1) is 0 Å². The molecule has 1 saturated heterocycles. The molecule has 0 saturated carbocycles. The monoisotopic (exact) mass is 312 g/mol. The normalized spacial score (nSPS) is 19.3. The number of ether oxygens (including phenoxy) is 1. The third-order valence-electron chi connectivity index (χ3n) is 3.03. The summed E-state index contributed by atoms with van der Waals surface area (Å²) in [5.74, 6) is 0.179. The maximum Gasteiger partial charge on any atom is 0.239 e. The molecule has 1 aliphatic rings. The van der Waals surface area contributed by atoms with Gasteiger partial charge in [0.05, 0.1) is 13.2 Å². The Labute approximate surface area is 124 Å². The summed E-state index contributed by atoms with van der Waals surface area (Å²) >= 11 is 11.9. The van der Waals surface area contributed by atoms with E-state index in [0.717, 1.165) is 0 Å². The highest BCUT2D eigenvalue weighted by molar-refractivity contribution is 6.35. The van der Waals surface area contributed by atoms with Crippen molar-refractivity contribution < 1.29 is 14.1 Å². The van der Waals surface area contributed by atoms with E-state index in [1.165, 1.54) is 0 Å². The van der Waals surface area contributed by atoms with Gasteiger partial charge in [0.1, 0.15) is 11.7 Å². The van der Waals surface area contributed by atoms with E-state index in [9.17, 15) is 4.79 Å². The number of ketones is 1. The van der Waals surface area contributed by atoms with Crippen molar-refractivity contribution in [3.8, 4) is 11.4 Å². The van der Waals surface area contributed by atoms with Gasteiger partial charge in [-0.25, -0.2) is 0 Å². The van der Waals surface area contributed by atoms with Gasteiger partial charge in [-0.2, -0.15) is 4.98 Å². The zero-order chi connectivity index (χ0) is 14.1. The van der Waals surface area contributed by atoms with Crippen LogP contribution in [-0.4, -0.2) is 29.1 Å². The van der Waals surface area contributed by atoms with Crippen LogP contribution in [0.3, 0.4) is 0 Å². The fourth-order valence-corrected chi connectivity index (χ4v) is 2.55. The van der Waals surface area contributed by atoms with Crippen LogP contribution in [0.25, 0.3) is 11.4 Å². The Morgan fingerprint density at radius 3 is 2.65 bits per heavy atom. The van der Waals surface area contributed by atoms with E-state index >= 15 is 0 Å². The molecule has 0 radical (unpaired) electrons. The topological polar surface area (TPSA) is 65.2 Å². The number of nitrogens with zero attached hydrogens (tertiary/aromatic N) is 2. The lowest BCUT2D eigenvalue weighted by Gasteiger charge is -2.16. The summed E-state index contributed by atoms with van der Waals surface area (Å²) < 4.78 is 10.4. The van der Waals surface area contributed by atoms with Gasteiger partial charge in [0, 0.05) is 22.0 Å². The molecule has 2 aromatic rings. The van der Waals surface area contributed by atoms with Crippen LogP contribution in [0.15, 0.2) is 22.7 Å². The van der Waals surface area contributed by atoms with Crippen LogP contribution in [0.5, 0.6) is 0 Å². The molecular formula is C13H10Cl2N2O3. The maximum atomic E-state index is 11.8. The number of rotatable bonds is 2. The van der Waals surface area contributed by atoms with Crippen LogP contribution in [0, 0.1) is 0 Å². The Hall–Kier alpha value is -1.43. The first kappa shape index (κ1) is 13.5. The molecule has 1 unspecified atom stereocenters. The first-order chi connectivity index (χ1) is 9.63. The van der Waals surface area contributed by atoms with Gasteiger partial charge in [0.25, 0.3) is 0 Å². The van der Waals surface area contributed by atoms with Gasteiger partial charge in [-0.1, -0.05) is 28.4 Å². The largest absolute Gasteiger partial charge is 0.380 e. The average Bonchev–Trinajstić information content (AvgIpc) is 2.87. The third kappa shape index (κ3) is 2.70. The molecule has 1 atom stereocenters. The lowest BCUT2D eigenvalue weighted by Crippen LogP contribution is -2.25. The molecular weight excluding hydrogens is 303 g/mol. The number of aromatic nitrogens is 2. The molecule has 1 aromatic carbocycles. The second-order valence-corrected chi connectivity index (χ2v) is 5.33. The summed E-state index contributed by atoms with van der Waals surface area (Å²) in [7, 11) is 0. The molecule has 1 aromatic heterocycles. The van der Waals surface area contributed by atoms with Crippen LogP contribution >= 0.6 is 23.2 Å². The van der Waals surface area contributed by atoms with E-state index in [-0.39, 0.29) is 18.3 Å². The molecule has 0 bridgehead atoms. The molecule has 2 heterocycles. The highest BCUT2D eigenvalue weighted by Crippen LogP contribution is 2.27. The number of benzene rings is 1. The molecule has 3 rings (SSSR count). The van der Waals surface area contributed by atoms with Gasteiger partial charge in [0.15, 0.2) is 0 Å². The zero-order valence-electron chi connectivity index (χ0n) is 10.3. The van der Waals surface area contributed by atoms with E-state index < -0.39 is 5.92 Å². The first-order valence-electron chi connectivity index (χ1n) is 6.04. The lowest BCUT2D eigenvalue weighted by molar-refractivity contribution is -0.127. The van der Waals surface area contributed by atoms with Crippen molar-refractivity contribution in [2.45, 2.75) is 12.3 Å². The van der Waals surface area contributed by atoms with E-state index in [2.05, 4.69) is 10.1 Å². The van der Waals surface area contributed by atoms with Crippen molar-refractivity contribution in [3.05, 3.63) is 34.1 Å².